The number of carbonyl (C=O) groups excluding carboxylic acids is 1. The van der Waals surface area contributed by atoms with Gasteiger partial charge in [0.25, 0.3) is 5.91 Å². The summed E-state index contributed by atoms with van der Waals surface area (Å²) in [4.78, 5) is 36.6. The molecular formula is C27H38N2O6. The fourth-order valence-corrected chi connectivity index (χ4v) is 5.94. The smallest absolute Gasteiger partial charge is 0.328 e. The summed E-state index contributed by atoms with van der Waals surface area (Å²) in [5.41, 5.74) is 0.862. The summed E-state index contributed by atoms with van der Waals surface area (Å²) in [6, 6.07) is 10.9. The molecule has 2 saturated heterocycles. The number of carboxylic acid groups (broad SMARTS) is 2. The molecule has 8 heteroatoms. The Kier molecular flexibility index (Phi) is 9.08. The monoisotopic (exact) mass is 486 g/mol. The second kappa shape index (κ2) is 11.8. The Morgan fingerprint density at radius 1 is 1.00 bits per heavy atom. The minimum atomic E-state index is -1.26. The Balaban J connectivity index is 0.000000371. The molecule has 0 bridgehead atoms. The van der Waals surface area contributed by atoms with Crippen LogP contribution in [0.5, 0.6) is 0 Å². The minimum absolute atomic E-state index is 0.120. The highest BCUT2D eigenvalue weighted by molar-refractivity contribution is 6.06. The molecule has 192 valence electrons. The van der Waals surface area contributed by atoms with Crippen molar-refractivity contribution in [2.24, 2.45) is 11.8 Å². The van der Waals surface area contributed by atoms with E-state index in [0.29, 0.717) is 12.2 Å². The van der Waals surface area contributed by atoms with Crippen molar-refractivity contribution in [1.29, 1.82) is 0 Å². The van der Waals surface area contributed by atoms with E-state index in [4.69, 9.17) is 14.9 Å². The molecule has 1 aromatic rings. The van der Waals surface area contributed by atoms with Crippen LogP contribution < -0.4 is 4.90 Å². The maximum Gasteiger partial charge on any atom is 0.328 e. The lowest BCUT2D eigenvalue weighted by Gasteiger charge is -2.60. The van der Waals surface area contributed by atoms with Crippen molar-refractivity contribution in [3.8, 4) is 0 Å². The molecule has 3 fully saturated rings. The number of hydrogen-bond donors (Lipinski definition) is 2. The molecule has 2 aliphatic heterocycles. The third-order valence-electron chi connectivity index (χ3n) is 7.86. The second-order valence-corrected chi connectivity index (χ2v) is 10.1. The highest BCUT2D eigenvalue weighted by Gasteiger charge is 2.62. The van der Waals surface area contributed by atoms with Crippen LogP contribution in [0.15, 0.2) is 42.5 Å². The predicted molar refractivity (Wildman–Crippen MR) is 133 cm³/mol. The number of carbonyl (C=O) groups is 3. The molecule has 1 unspecified atom stereocenters. The fourth-order valence-electron chi connectivity index (χ4n) is 5.94. The number of likely N-dealkylation sites (tertiary alicyclic amines) is 1. The highest BCUT2D eigenvalue weighted by Crippen LogP contribution is 2.46. The molecular weight excluding hydrogens is 448 g/mol. The summed E-state index contributed by atoms with van der Waals surface area (Å²) in [5, 5.41) is 15.6. The number of hydrogen-bond acceptors (Lipinski definition) is 5. The minimum Gasteiger partial charge on any atom is -0.478 e. The van der Waals surface area contributed by atoms with Crippen molar-refractivity contribution in [2.75, 3.05) is 25.1 Å². The molecule has 2 N–H and O–H groups in total. The summed E-state index contributed by atoms with van der Waals surface area (Å²) < 4.78 is 5.65. The van der Waals surface area contributed by atoms with E-state index in [2.05, 4.69) is 18.7 Å². The number of piperidine rings is 1. The molecule has 2 heterocycles. The van der Waals surface area contributed by atoms with E-state index in [1.54, 1.807) is 7.11 Å². The molecule has 1 spiro atoms. The average Bonchev–Trinajstić information content (AvgIpc) is 2.84. The quantitative estimate of drug-likeness (QED) is 0.465. The average molecular weight is 487 g/mol. The van der Waals surface area contributed by atoms with Gasteiger partial charge >= 0.3 is 11.9 Å². The van der Waals surface area contributed by atoms with Gasteiger partial charge in [0.2, 0.25) is 0 Å². The number of methoxy groups -OCH3 is 1. The second-order valence-electron chi connectivity index (χ2n) is 10.1. The van der Waals surface area contributed by atoms with Gasteiger partial charge in [-0.1, -0.05) is 32.0 Å². The van der Waals surface area contributed by atoms with Crippen LogP contribution in [-0.2, 0) is 19.1 Å². The molecule has 35 heavy (non-hydrogen) atoms. The van der Waals surface area contributed by atoms with E-state index in [-0.39, 0.29) is 17.6 Å². The van der Waals surface area contributed by atoms with E-state index in [1.165, 1.54) is 25.7 Å². The Labute approximate surface area is 207 Å². The van der Waals surface area contributed by atoms with Crippen LogP contribution in [-0.4, -0.2) is 70.8 Å². The molecule has 1 aromatic carbocycles. The van der Waals surface area contributed by atoms with E-state index in [9.17, 15) is 14.4 Å². The molecule has 3 aliphatic rings. The molecule has 1 aliphatic carbocycles. The van der Waals surface area contributed by atoms with E-state index >= 15 is 0 Å². The molecule has 1 saturated carbocycles. The van der Waals surface area contributed by atoms with E-state index in [0.717, 1.165) is 49.5 Å². The van der Waals surface area contributed by atoms with E-state index < -0.39 is 11.9 Å². The Morgan fingerprint density at radius 2 is 1.54 bits per heavy atom. The van der Waals surface area contributed by atoms with Gasteiger partial charge < -0.3 is 24.7 Å². The van der Waals surface area contributed by atoms with Gasteiger partial charge in [-0.05, 0) is 62.5 Å². The zero-order valence-electron chi connectivity index (χ0n) is 20.9. The topological polar surface area (TPSA) is 107 Å². The van der Waals surface area contributed by atoms with Crippen molar-refractivity contribution >= 4 is 23.5 Å². The number of carboxylic acids is 2. The summed E-state index contributed by atoms with van der Waals surface area (Å²) in [5.74, 6) is -0.666. The van der Waals surface area contributed by atoms with Crippen LogP contribution in [0.3, 0.4) is 0 Å². The SMILES string of the molecule is COC1C(=O)N(c2ccccc2)C12CCN([C@H]1CC[C@@H](C(C)C)CC1)CC2.O=C(O)/C=C/C(=O)O. The Morgan fingerprint density at radius 3 is 2.00 bits per heavy atom. The molecule has 0 radical (unpaired) electrons. The number of benzene rings is 1. The number of amides is 1. The number of anilines is 1. The first-order valence-corrected chi connectivity index (χ1v) is 12.5. The van der Waals surface area contributed by atoms with Crippen LogP contribution in [0, 0.1) is 11.8 Å². The molecule has 0 aromatic heterocycles. The molecule has 1 amide bonds. The zero-order valence-corrected chi connectivity index (χ0v) is 20.9. The van der Waals surface area contributed by atoms with Crippen molar-refractivity contribution in [1.82, 2.24) is 4.90 Å². The highest BCUT2D eigenvalue weighted by atomic mass is 16.5. The summed E-state index contributed by atoms with van der Waals surface area (Å²) >= 11 is 0. The van der Waals surface area contributed by atoms with Crippen LogP contribution >= 0.6 is 0 Å². The molecule has 8 nitrogen and oxygen atoms in total. The lowest BCUT2D eigenvalue weighted by molar-refractivity contribution is -0.151. The summed E-state index contributed by atoms with van der Waals surface area (Å²) in [7, 11) is 1.69. The van der Waals surface area contributed by atoms with Gasteiger partial charge in [-0.25, -0.2) is 9.59 Å². The normalized spacial score (nSPS) is 26.3. The first-order chi connectivity index (χ1) is 16.7. The maximum absolute atomic E-state index is 12.7. The third kappa shape index (κ3) is 6.11. The summed E-state index contributed by atoms with van der Waals surface area (Å²) in [6.07, 6.45) is 8.28. The first kappa shape index (κ1) is 26.9. The van der Waals surface area contributed by atoms with Gasteiger partial charge in [-0.15, -0.1) is 0 Å². The van der Waals surface area contributed by atoms with Gasteiger partial charge in [0.15, 0.2) is 6.10 Å². The number of ether oxygens (including phenoxy) is 1. The number of rotatable bonds is 6. The van der Waals surface area contributed by atoms with Crippen LogP contribution in [0.1, 0.15) is 52.4 Å². The van der Waals surface area contributed by atoms with Crippen LogP contribution in [0.4, 0.5) is 5.69 Å². The van der Waals surface area contributed by atoms with Gasteiger partial charge in [0, 0.05) is 44.1 Å². The molecule has 4 rings (SSSR count). The predicted octanol–water partition coefficient (Wildman–Crippen LogP) is 3.81. The van der Waals surface area contributed by atoms with Crippen molar-refractivity contribution < 1.29 is 29.3 Å². The summed E-state index contributed by atoms with van der Waals surface area (Å²) in [6.45, 7) is 6.89. The largest absolute Gasteiger partial charge is 0.478 e. The standard InChI is InChI=1S/C23H34N2O2.C4H4O4/c1-17(2)18-9-11-19(12-10-18)24-15-13-23(14-16-24)21(27-3)22(26)25(23)20-7-5-4-6-8-20;5-3(6)1-2-4(7)8/h4-8,17-19,21H,9-16H2,1-3H3;1-2H,(H,5,6)(H,7,8)/b;2-1+/t18-,19+,21?;. The molecule has 1 atom stereocenters. The lowest BCUT2D eigenvalue weighted by Crippen LogP contribution is -2.78. The van der Waals surface area contributed by atoms with Crippen LogP contribution in [0.2, 0.25) is 0 Å². The number of aliphatic carboxylic acids is 2. The van der Waals surface area contributed by atoms with Crippen molar-refractivity contribution in [3.05, 3.63) is 42.5 Å². The fraction of sp³-hybridized carbons (Fsp3) is 0.593. The van der Waals surface area contributed by atoms with Gasteiger partial charge in [0.1, 0.15) is 0 Å². The van der Waals surface area contributed by atoms with E-state index in [1.807, 2.05) is 35.2 Å². The van der Waals surface area contributed by atoms with Gasteiger partial charge in [-0.2, -0.15) is 0 Å². The number of para-hydroxylation sites is 1. The van der Waals surface area contributed by atoms with Crippen molar-refractivity contribution in [3.63, 3.8) is 0 Å². The lowest BCUT2D eigenvalue weighted by atomic mass is 9.71. The first-order valence-electron chi connectivity index (χ1n) is 12.5. The Hall–Kier alpha value is -2.71. The third-order valence-corrected chi connectivity index (χ3v) is 7.86. The number of β-lactam (4-membered cyclic amide) rings is 1. The zero-order chi connectivity index (χ0) is 25.6. The van der Waals surface area contributed by atoms with Crippen LogP contribution in [0.25, 0.3) is 0 Å². The maximum atomic E-state index is 12.7. The number of nitrogens with zero attached hydrogens (tertiary/aromatic N) is 2. The Bertz CT molecular complexity index is 884. The van der Waals surface area contributed by atoms with Crippen molar-refractivity contribution in [2.45, 2.75) is 70.1 Å². The van der Waals surface area contributed by atoms with Gasteiger partial charge in [-0.3, -0.25) is 4.79 Å². The van der Waals surface area contributed by atoms with Gasteiger partial charge in [0.05, 0.1) is 5.54 Å².